The average molecular weight is 502 g/mol. The molecule has 32 heavy (non-hydrogen) atoms. The Morgan fingerprint density at radius 2 is 1.50 bits per heavy atom. The van der Waals surface area contributed by atoms with Gasteiger partial charge in [0.2, 0.25) is 5.91 Å². The first-order chi connectivity index (χ1) is 15.3. The molecular formula is C24H28BrN3O4. The van der Waals surface area contributed by atoms with Crippen LogP contribution in [-0.2, 0) is 4.79 Å². The highest BCUT2D eigenvalue weighted by atomic mass is 79.9. The quantitative estimate of drug-likeness (QED) is 0.493. The van der Waals surface area contributed by atoms with Gasteiger partial charge in [0.25, 0.3) is 11.8 Å². The van der Waals surface area contributed by atoms with Crippen molar-refractivity contribution in [2.75, 3.05) is 5.32 Å². The van der Waals surface area contributed by atoms with Gasteiger partial charge in [-0.15, -0.1) is 0 Å². The Morgan fingerprint density at radius 3 is 2.09 bits per heavy atom. The number of carbonyl (C=O) groups is 3. The topological polar surface area (TPSA) is 96.5 Å². The molecule has 2 aromatic rings. The normalized spacial score (nSPS) is 14.0. The molecule has 0 radical (unpaired) electrons. The molecule has 0 aromatic heterocycles. The molecule has 0 saturated heterocycles. The number of halogens is 1. The van der Waals surface area contributed by atoms with Crippen LogP contribution >= 0.6 is 15.9 Å². The van der Waals surface area contributed by atoms with Gasteiger partial charge < -0.3 is 10.1 Å². The second kappa shape index (κ2) is 11.1. The molecule has 0 spiro atoms. The molecular weight excluding hydrogens is 474 g/mol. The van der Waals surface area contributed by atoms with E-state index in [2.05, 4.69) is 32.1 Å². The van der Waals surface area contributed by atoms with Gasteiger partial charge in [0.05, 0.1) is 10.6 Å². The van der Waals surface area contributed by atoms with Crippen LogP contribution in [0.3, 0.4) is 0 Å². The summed E-state index contributed by atoms with van der Waals surface area (Å²) in [5.74, 6) is -0.178. The summed E-state index contributed by atoms with van der Waals surface area (Å²) in [6, 6.07) is 11.5. The van der Waals surface area contributed by atoms with Crippen LogP contribution in [-0.4, -0.2) is 23.8 Å². The van der Waals surface area contributed by atoms with E-state index in [1.165, 1.54) is 6.42 Å². The van der Waals surface area contributed by atoms with Crippen LogP contribution < -0.4 is 20.9 Å². The van der Waals surface area contributed by atoms with Gasteiger partial charge in [-0.05, 0) is 85.1 Å². The largest absolute Gasteiger partial charge is 0.490 e. The third-order valence-corrected chi connectivity index (χ3v) is 5.86. The molecule has 0 aliphatic heterocycles. The van der Waals surface area contributed by atoms with E-state index in [0.29, 0.717) is 27.0 Å². The number of nitrogens with one attached hydrogen (secondary N) is 3. The summed E-state index contributed by atoms with van der Waals surface area (Å²) < 4.78 is 6.28. The van der Waals surface area contributed by atoms with Gasteiger partial charge in [-0.25, -0.2) is 0 Å². The van der Waals surface area contributed by atoms with Crippen molar-refractivity contribution in [3.8, 4) is 5.75 Å². The highest BCUT2D eigenvalue weighted by Gasteiger charge is 2.21. The zero-order valence-corrected chi connectivity index (χ0v) is 19.8. The van der Waals surface area contributed by atoms with Gasteiger partial charge in [0, 0.05) is 22.7 Å². The minimum absolute atomic E-state index is 0.0113. The molecule has 1 fully saturated rings. The smallest absolute Gasteiger partial charge is 0.269 e. The lowest BCUT2D eigenvalue weighted by molar-refractivity contribution is -0.120. The molecule has 3 N–H and O–H groups in total. The van der Waals surface area contributed by atoms with Crippen molar-refractivity contribution in [2.24, 2.45) is 5.92 Å². The predicted octanol–water partition coefficient (Wildman–Crippen LogP) is 4.83. The molecule has 1 aliphatic rings. The van der Waals surface area contributed by atoms with Gasteiger partial charge in [0.15, 0.2) is 0 Å². The second-order valence-electron chi connectivity index (χ2n) is 8.12. The van der Waals surface area contributed by atoms with E-state index in [9.17, 15) is 14.4 Å². The maximum absolute atomic E-state index is 12.4. The number of ether oxygens (including phenoxy) is 1. The van der Waals surface area contributed by atoms with E-state index >= 15 is 0 Å². The number of rotatable bonds is 6. The Bertz CT molecular complexity index is 970. The van der Waals surface area contributed by atoms with Crippen molar-refractivity contribution in [3.63, 3.8) is 0 Å². The number of anilines is 1. The molecule has 3 rings (SSSR count). The van der Waals surface area contributed by atoms with Crippen molar-refractivity contribution in [3.05, 3.63) is 58.1 Å². The van der Waals surface area contributed by atoms with Gasteiger partial charge in [-0.3, -0.25) is 25.2 Å². The molecule has 2 aromatic carbocycles. The van der Waals surface area contributed by atoms with Crippen LogP contribution in [0.1, 0.15) is 66.7 Å². The third kappa shape index (κ3) is 6.56. The first-order valence-electron chi connectivity index (χ1n) is 10.8. The van der Waals surface area contributed by atoms with E-state index in [0.717, 1.165) is 25.7 Å². The van der Waals surface area contributed by atoms with Gasteiger partial charge in [-0.1, -0.05) is 19.3 Å². The summed E-state index contributed by atoms with van der Waals surface area (Å²) in [4.78, 5) is 37.1. The average Bonchev–Trinajstić information content (AvgIpc) is 2.79. The number of hydrogen-bond donors (Lipinski definition) is 3. The van der Waals surface area contributed by atoms with E-state index < -0.39 is 11.8 Å². The number of hydrogen-bond acceptors (Lipinski definition) is 4. The second-order valence-corrected chi connectivity index (χ2v) is 8.98. The molecule has 1 aliphatic carbocycles. The van der Waals surface area contributed by atoms with E-state index in [1.54, 1.807) is 42.5 Å². The molecule has 0 atom stereocenters. The monoisotopic (exact) mass is 501 g/mol. The Kier molecular flexibility index (Phi) is 8.27. The summed E-state index contributed by atoms with van der Waals surface area (Å²) in [5.41, 5.74) is 6.19. The summed E-state index contributed by atoms with van der Waals surface area (Å²) in [6.07, 6.45) is 5.24. The minimum Gasteiger partial charge on any atom is -0.490 e. The predicted molar refractivity (Wildman–Crippen MR) is 126 cm³/mol. The number of amides is 3. The Morgan fingerprint density at radius 1 is 0.906 bits per heavy atom. The highest BCUT2D eigenvalue weighted by molar-refractivity contribution is 9.10. The molecule has 0 heterocycles. The summed E-state index contributed by atoms with van der Waals surface area (Å²) >= 11 is 3.39. The van der Waals surface area contributed by atoms with Crippen molar-refractivity contribution in [1.82, 2.24) is 10.9 Å². The van der Waals surface area contributed by atoms with Crippen molar-refractivity contribution < 1.29 is 19.1 Å². The molecule has 3 amide bonds. The van der Waals surface area contributed by atoms with Gasteiger partial charge in [0.1, 0.15) is 5.75 Å². The van der Waals surface area contributed by atoms with Crippen LogP contribution in [0.15, 0.2) is 46.9 Å². The molecule has 0 bridgehead atoms. The van der Waals surface area contributed by atoms with Crippen LogP contribution in [0.2, 0.25) is 0 Å². The number of hydrazine groups is 1. The van der Waals surface area contributed by atoms with Gasteiger partial charge in [-0.2, -0.15) is 0 Å². The van der Waals surface area contributed by atoms with Crippen molar-refractivity contribution in [2.45, 2.75) is 52.1 Å². The van der Waals surface area contributed by atoms with Crippen molar-refractivity contribution in [1.29, 1.82) is 0 Å². The zero-order valence-electron chi connectivity index (χ0n) is 18.2. The lowest BCUT2D eigenvalue weighted by Crippen LogP contribution is -2.41. The zero-order chi connectivity index (χ0) is 23.1. The maximum atomic E-state index is 12.4. The number of carbonyl (C=O) groups excluding carboxylic acids is 3. The van der Waals surface area contributed by atoms with E-state index in [4.69, 9.17) is 4.74 Å². The molecule has 170 valence electrons. The molecule has 1 saturated carbocycles. The Hall–Kier alpha value is -2.87. The first kappa shape index (κ1) is 23.8. The van der Waals surface area contributed by atoms with Crippen LogP contribution in [0.5, 0.6) is 5.75 Å². The standard InChI is InChI=1S/C24H28BrN3O4/c1-15(2)32-21-13-10-18(14-20(21)25)24(31)28-27-23(30)17-8-11-19(12-9-17)26-22(29)16-6-4-3-5-7-16/h8-16H,3-7H2,1-2H3,(H,26,29)(H,27,30)(H,28,31). The lowest BCUT2D eigenvalue weighted by atomic mass is 9.88. The Labute approximate surface area is 196 Å². The molecule has 7 nitrogen and oxygen atoms in total. The van der Waals surface area contributed by atoms with Crippen LogP contribution in [0.25, 0.3) is 0 Å². The fourth-order valence-electron chi connectivity index (χ4n) is 3.56. The summed E-state index contributed by atoms with van der Waals surface area (Å²) in [6.45, 7) is 3.83. The first-order valence-corrected chi connectivity index (χ1v) is 11.6. The fourth-order valence-corrected chi connectivity index (χ4v) is 4.04. The molecule has 8 heteroatoms. The Balaban J connectivity index is 1.51. The minimum atomic E-state index is -0.456. The van der Waals surface area contributed by atoms with Crippen LogP contribution in [0.4, 0.5) is 5.69 Å². The van der Waals surface area contributed by atoms with E-state index in [1.807, 2.05) is 13.8 Å². The SMILES string of the molecule is CC(C)Oc1ccc(C(=O)NNC(=O)c2ccc(NC(=O)C3CCCCC3)cc2)cc1Br. The third-order valence-electron chi connectivity index (χ3n) is 5.24. The van der Waals surface area contributed by atoms with Crippen LogP contribution in [0, 0.1) is 5.92 Å². The lowest BCUT2D eigenvalue weighted by Gasteiger charge is -2.20. The highest BCUT2D eigenvalue weighted by Crippen LogP contribution is 2.27. The van der Waals surface area contributed by atoms with E-state index in [-0.39, 0.29) is 17.9 Å². The van der Waals surface area contributed by atoms with Gasteiger partial charge >= 0.3 is 0 Å². The summed E-state index contributed by atoms with van der Waals surface area (Å²) in [7, 11) is 0. The molecule has 0 unspecified atom stereocenters. The number of benzene rings is 2. The van der Waals surface area contributed by atoms with Crippen molar-refractivity contribution >= 4 is 39.3 Å². The fraction of sp³-hybridized carbons (Fsp3) is 0.375. The summed E-state index contributed by atoms with van der Waals surface area (Å²) in [5, 5.41) is 2.92. The maximum Gasteiger partial charge on any atom is 0.269 e.